The van der Waals surface area contributed by atoms with Crippen molar-refractivity contribution in [2.75, 3.05) is 26.6 Å². The van der Waals surface area contributed by atoms with Crippen LogP contribution in [0, 0.1) is 5.92 Å². The van der Waals surface area contributed by atoms with E-state index in [1.807, 2.05) is 24.3 Å². The second kappa shape index (κ2) is 8.74. The number of nitrogen functional groups attached to an aromatic ring is 1. The van der Waals surface area contributed by atoms with Gasteiger partial charge in [-0.1, -0.05) is 26.0 Å². The van der Waals surface area contributed by atoms with Gasteiger partial charge in [-0.3, -0.25) is 4.57 Å². The molecule has 4 rings (SSSR count). The fourth-order valence-corrected chi connectivity index (χ4v) is 3.54. The molecule has 32 heavy (non-hydrogen) atoms. The van der Waals surface area contributed by atoms with Crippen LogP contribution in [-0.2, 0) is 4.74 Å². The number of anilines is 1. The molecule has 2 N–H and O–H groups in total. The van der Waals surface area contributed by atoms with Gasteiger partial charge in [-0.15, -0.1) is 0 Å². The molecule has 0 saturated carbocycles. The summed E-state index contributed by atoms with van der Waals surface area (Å²) in [6.07, 6.45) is 0.753. The Bertz CT molecular complexity index is 1300. The highest BCUT2D eigenvalue weighted by Gasteiger charge is 2.27. The summed E-state index contributed by atoms with van der Waals surface area (Å²) < 4.78 is 18.1. The predicted molar refractivity (Wildman–Crippen MR) is 124 cm³/mol. The van der Waals surface area contributed by atoms with Crippen molar-refractivity contribution < 1.29 is 19.0 Å². The van der Waals surface area contributed by atoms with Crippen LogP contribution in [0.3, 0.4) is 0 Å². The maximum absolute atomic E-state index is 13.1. The van der Waals surface area contributed by atoms with Crippen LogP contribution in [0.2, 0.25) is 0 Å². The molecule has 0 radical (unpaired) electrons. The van der Waals surface area contributed by atoms with Crippen LogP contribution in [0.1, 0.15) is 30.6 Å². The number of hydrogen-bond acceptors (Lipinski definition) is 7. The van der Waals surface area contributed by atoms with Crippen LogP contribution >= 0.6 is 0 Å². The van der Waals surface area contributed by atoms with Crippen molar-refractivity contribution >= 4 is 34.0 Å². The largest absolute Gasteiger partial charge is 0.497 e. The van der Waals surface area contributed by atoms with Gasteiger partial charge in [-0.2, -0.15) is 0 Å². The average molecular weight is 434 g/mol. The van der Waals surface area contributed by atoms with Gasteiger partial charge in [0.25, 0.3) is 0 Å². The van der Waals surface area contributed by atoms with Crippen LogP contribution < -0.4 is 15.2 Å². The molecule has 0 aliphatic heterocycles. The number of esters is 1. The van der Waals surface area contributed by atoms with Gasteiger partial charge < -0.3 is 19.9 Å². The number of rotatable bonds is 7. The quantitative estimate of drug-likeness (QED) is 0.431. The van der Waals surface area contributed by atoms with E-state index in [0.717, 1.165) is 6.42 Å². The van der Waals surface area contributed by atoms with E-state index in [1.54, 1.807) is 37.0 Å². The Morgan fingerprint density at radius 2 is 1.78 bits per heavy atom. The van der Waals surface area contributed by atoms with Crippen molar-refractivity contribution in [1.82, 2.24) is 14.5 Å². The molecule has 0 amide bonds. The third-order valence-corrected chi connectivity index (χ3v) is 5.26. The average Bonchev–Trinajstić information content (AvgIpc) is 3.07. The summed E-state index contributed by atoms with van der Waals surface area (Å²) in [4.78, 5) is 22.6. The van der Waals surface area contributed by atoms with Crippen molar-refractivity contribution in [3.63, 3.8) is 0 Å². The lowest BCUT2D eigenvalue weighted by Crippen LogP contribution is -2.11. The number of methoxy groups -OCH3 is 2. The summed E-state index contributed by atoms with van der Waals surface area (Å²) in [6.45, 7) is 4.44. The number of hydrogen-bond donors (Lipinski definition) is 1. The molecule has 8 nitrogen and oxygen atoms in total. The number of carbonyl (C=O) groups is 1. The van der Waals surface area contributed by atoms with E-state index in [1.165, 1.54) is 0 Å². The van der Waals surface area contributed by atoms with Crippen molar-refractivity contribution in [3.05, 3.63) is 48.0 Å². The number of nitrogens with two attached hydrogens (primary N) is 1. The Morgan fingerprint density at radius 3 is 2.44 bits per heavy atom. The van der Waals surface area contributed by atoms with Gasteiger partial charge in [0.05, 0.1) is 37.5 Å². The van der Waals surface area contributed by atoms with E-state index in [9.17, 15) is 4.79 Å². The molecule has 0 fully saturated rings. The maximum atomic E-state index is 13.1. The van der Waals surface area contributed by atoms with Crippen LogP contribution in [0.25, 0.3) is 27.9 Å². The third kappa shape index (κ3) is 3.79. The minimum atomic E-state index is -0.529. The Balaban J connectivity index is 1.98. The number of para-hydroxylation sites is 2. The van der Waals surface area contributed by atoms with Gasteiger partial charge in [0.15, 0.2) is 5.65 Å². The fourth-order valence-electron chi connectivity index (χ4n) is 3.54. The van der Waals surface area contributed by atoms with Gasteiger partial charge in [-0.05, 0) is 36.6 Å². The summed E-state index contributed by atoms with van der Waals surface area (Å²) in [7, 11) is 3.14. The molecule has 0 aliphatic carbocycles. The van der Waals surface area contributed by atoms with Crippen LogP contribution in [0.5, 0.6) is 11.5 Å². The van der Waals surface area contributed by atoms with Gasteiger partial charge >= 0.3 is 5.97 Å². The highest BCUT2D eigenvalue weighted by Crippen LogP contribution is 2.36. The lowest BCUT2D eigenvalue weighted by atomic mass is 10.1. The van der Waals surface area contributed by atoms with E-state index in [2.05, 4.69) is 13.8 Å². The first kappa shape index (κ1) is 21.4. The molecule has 2 aromatic carbocycles. The Hall–Kier alpha value is -3.81. The topological polar surface area (TPSA) is 101 Å². The molecule has 0 atom stereocenters. The van der Waals surface area contributed by atoms with E-state index in [-0.39, 0.29) is 11.4 Å². The van der Waals surface area contributed by atoms with Crippen LogP contribution in [0.4, 0.5) is 5.82 Å². The fraction of sp³-hybridized carbons (Fsp3) is 0.292. The van der Waals surface area contributed by atoms with E-state index in [0.29, 0.717) is 51.9 Å². The molecule has 0 aliphatic rings. The molecule has 166 valence electrons. The van der Waals surface area contributed by atoms with Crippen molar-refractivity contribution in [2.24, 2.45) is 5.92 Å². The Kier molecular flexibility index (Phi) is 5.85. The van der Waals surface area contributed by atoms with Gasteiger partial charge in [0.2, 0.25) is 0 Å². The molecule has 0 spiro atoms. The predicted octanol–water partition coefficient (Wildman–Crippen LogP) is 4.38. The molecule has 8 heteroatoms. The summed E-state index contributed by atoms with van der Waals surface area (Å²) >= 11 is 0. The number of nitrogens with zero attached hydrogens (tertiary/aromatic N) is 3. The van der Waals surface area contributed by atoms with Crippen molar-refractivity contribution in [1.29, 1.82) is 0 Å². The second-order valence-corrected chi connectivity index (χ2v) is 7.84. The zero-order chi connectivity index (χ0) is 22.8. The van der Waals surface area contributed by atoms with Crippen LogP contribution in [0.15, 0.2) is 42.5 Å². The van der Waals surface area contributed by atoms with Gasteiger partial charge in [-0.25, -0.2) is 14.8 Å². The number of benzene rings is 2. The third-order valence-electron chi connectivity index (χ3n) is 5.26. The number of carbonyl (C=O) groups excluding carboxylic acids is 1. The Morgan fingerprint density at radius 1 is 1.06 bits per heavy atom. The Labute approximate surface area is 185 Å². The lowest BCUT2D eigenvalue weighted by Gasteiger charge is -2.14. The first-order valence-corrected chi connectivity index (χ1v) is 10.4. The minimum Gasteiger partial charge on any atom is -0.497 e. The molecular formula is C24H26N4O4. The molecular weight excluding hydrogens is 408 g/mol. The van der Waals surface area contributed by atoms with E-state index < -0.39 is 5.97 Å². The van der Waals surface area contributed by atoms with Crippen molar-refractivity contribution in [2.45, 2.75) is 20.3 Å². The van der Waals surface area contributed by atoms with Gasteiger partial charge in [0.1, 0.15) is 28.4 Å². The standard InChI is InChI=1S/C24H26N4O4/c1-14(2)11-12-32-24(29)20-21-23(27-17-8-6-5-7-16(17)26-21)28(22(20)25)18-13-15(30-3)9-10-19(18)31-4/h5-10,13-14H,11-12,25H2,1-4H3. The number of ether oxygens (including phenoxy) is 3. The smallest absolute Gasteiger partial charge is 0.344 e. The second-order valence-electron chi connectivity index (χ2n) is 7.84. The van der Waals surface area contributed by atoms with Crippen molar-refractivity contribution in [3.8, 4) is 17.2 Å². The first-order valence-electron chi connectivity index (χ1n) is 10.4. The molecule has 2 aromatic heterocycles. The summed E-state index contributed by atoms with van der Waals surface area (Å²) in [5.41, 5.74) is 9.46. The summed E-state index contributed by atoms with van der Waals surface area (Å²) in [5.74, 6) is 1.21. The highest BCUT2D eigenvalue weighted by atomic mass is 16.5. The number of fused-ring (bicyclic) bond motifs is 2. The molecule has 0 unspecified atom stereocenters. The lowest BCUT2D eigenvalue weighted by molar-refractivity contribution is 0.0491. The summed E-state index contributed by atoms with van der Waals surface area (Å²) in [6, 6.07) is 12.8. The van der Waals surface area contributed by atoms with Gasteiger partial charge in [0, 0.05) is 6.07 Å². The summed E-state index contributed by atoms with van der Waals surface area (Å²) in [5, 5.41) is 0. The van der Waals surface area contributed by atoms with Crippen LogP contribution in [-0.4, -0.2) is 41.3 Å². The van der Waals surface area contributed by atoms with E-state index in [4.69, 9.17) is 29.9 Å². The minimum absolute atomic E-state index is 0.177. The zero-order valence-electron chi connectivity index (χ0n) is 18.6. The number of aromatic nitrogens is 3. The van der Waals surface area contributed by atoms with E-state index >= 15 is 0 Å². The normalized spacial score (nSPS) is 11.3. The first-order chi connectivity index (χ1) is 15.4. The highest BCUT2D eigenvalue weighted by molar-refractivity contribution is 6.09. The maximum Gasteiger partial charge on any atom is 0.344 e. The zero-order valence-corrected chi connectivity index (χ0v) is 18.6. The molecule has 0 bridgehead atoms. The molecule has 4 aromatic rings. The molecule has 0 saturated heterocycles. The monoisotopic (exact) mass is 434 g/mol. The SMILES string of the molecule is COc1ccc(OC)c(-n2c(N)c(C(=O)OCCC(C)C)c3nc4ccccc4nc32)c1. The molecule has 2 heterocycles.